The summed E-state index contributed by atoms with van der Waals surface area (Å²) in [6.45, 7) is 2.17. The molecule has 1 heterocycles. The van der Waals surface area contributed by atoms with Crippen molar-refractivity contribution in [2.45, 2.75) is 33.0 Å². The van der Waals surface area contributed by atoms with E-state index in [9.17, 15) is 22.8 Å². The minimum Gasteiger partial charge on any atom is -0.481 e. The summed E-state index contributed by atoms with van der Waals surface area (Å²) in [5.41, 5.74) is 1.18. The first-order valence-corrected chi connectivity index (χ1v) is 7.91. The average molecular weight is 353 g/mol. The van der Waals surface area contributed by atoms with Crippen LogP contribution in [0.2, 0.25) is 0 Å². The van der Waals surface area contributed by atoms with E-state index in [4.69, 9.17) is 5.11 Å². The Morgan fingerprint density at radius 2 is 2.00 bits per heavy atom. The first-order chi connectivity index (χ1) is 10.6. The van der Waals surface area contributed by atoms with Gasteiger partial charge in [0, 0.05) is 23.6 Å². The highest BCUT2D eigenvalue weighted by molar-refractivity contribution is 7.99. The topological polar surface area (TPSA) is 84.2 Å². The van der Waals surface area contributed by atoms with Gasteiger partial charge in [-0.1, -0.05) is 0 Å². The van der Waals surface area contributed by atoms with E-state index in [1.54, 1.807) is 6.92 Å². The molecule has 0 saturated heterocycles. The number of rotatable bonds is 8. The number of carboxylic acids is 1. The zero-order chi connectivity index (χ0) is 17.6. The minimum atomic E-state index is -4.37. The Labute approximate surface area is 135 Å². The van der Waals surface area contributed by atoms with Crippen molar-refractivity contribution in [2.24, 2.45) is 0 Å². The second-order valence-electron chi connectivity index (χ2n) is 4.90. The fourth-order valence-corrected chi connectivity index (χ4v) is 2.52. The molecule has 1 aromatic heterocycles. The van der Waals surface area contributed by atoms with E-state index in [0.29, 0.717) is 29.2 Å². The second-order valence-corrected chi connectivity index (χ2v) is 6.00. The van der Waals surface area contributed by atoms with E-state index in [1.165, 1.54) is 18.7 Å². The molecule has 2 N–H and O–H groups in total. The number of nitrogens with one attached hydrogen (secondary N) is 1. The number of aryl methyl sites for hydroxylation is 1. The summed E-state index contributed by atoms with van der Waals surface area (Å²) in [6.07, 6.45) is -4.43. The summed E-state index contributed by atoms with van der Waals surface area (Å²) in [4.78, 5) is 22.1. The fraction of sp³-hybridized carbons (Fsp3) is 0.615. The highest BCUT2D eigenvalue weighted by atomic mass is 32.2. The number of carbonyl (C=O) groups is 2. The molecule has 0 atom stereocenters. The maximum absolute atomic E-state index is 12.4. The van der Waals surface area contributed by atoms with Crippen LogP contribution in [0, 0.1) is 13.8 Å². The number of aliphatic carboxylic acids is 1. The number of carbonyl (C=O) groups excluding carboxylic acids is 1. The molecule has 0 bridgehead atoms. The minimum absolute atomic E-state index is 0.0434. The van der Waals surface area contributed by atoms with E-state index >= 15 is 0 Å². The molecule has 0 aliphatic rings. The maximum atomic E-state index is 12.4. The van der Waals surface area contributed by atoms with Crippen LogP contribution in [-0.2, 0) is 22.6 Å². The van der Waals surface area contributed by atoms with Gasteiger partial charge in [-0.2, -0.15) is 18.3 Å². The molecule has 23 heavy (non-hydrogen) atoms. The van der Waals surface area contributed by atoms with Gasteiger partial charge in [-0.15, -0.1) is 11.8 Å². The molecular weight excluding hydrogens is 335 g/mol. The number of aromatic nitrogens is 2. The van der Waals surface area contributed by atoms with Gasteiger partial charge in [0.1, 0.15) is 6.54 Å². The molecule has 1 rings (SSSR count). The van der Waals surface area contributed by atoms with Crippen LogP contribution in [0.15, 0.2) is 0 Å². The Kier molecular flexibility index (Phi) is 6.92. The smallest absolute Gasteiger partial charge is 0.408 e. The Balaban J connectivity index is 2.53. The van der Waals surface area contributed by atoms with Crippen molar-refractivity contribution >= 4 is 23.6 Å². The van der Waals surface area contributed by atoms with Crippen LogP contribution in [0.5, 0.6) is 0 Å². The van der Waals surface area contributed by atoms with Crippen molar-refractivity contribution in [3.8, 4) is 0 Å². The number of hydrogen-bond donors (Lipinski definition) is 2. The molecule has 10 heteroatoms. The summed E-state index contributed by atoms with van der Waals surface area (Å²) in [6, 6.07) is 0. The summed E-state index contributed by atoms with van der Waals surface area (Å²) in [7, 11) is 0. The van der Waals surface area contributed by atoms with Crippen molar-refractivity contribution in [3.63, 3.8) is 0 Å². The van der Waals surface area contributed by atoms with E-state index < -0.39 is 18.7 Å². The highest BCUT2D eigenvalue weighted by Gasteiger charge is 2.30. The Morgan fingerprint density at radius 1 is 1.35 bits per heavy atom. The van der Waals surface area contributed by atoms with Gasteiger partial charge in [0.2, 0.25) is 5.91 Å². The zero-order valence-electron chi connectivity index (χ0n) is 12.7. The molecule has 1 amide bonds. The first-order valence-electron chi connectivity index (χ1n) is 6.76. The lowest BCUT2D eigenvalue weighted by atomic mass is 10.1. The van der Waals surface area contributed by atoms with Crippen molar-refractivity contribution in [1.82, 2.24) is 15.1 Å². The highest BCUT2D eigenvalue weighted by Crippen LogP contribution is 2.21. The van der Waals surface area contributed by atoms with Crippen LogP contribution in [-0.4, -0.2) is 51.0 Å². The lowest BCUT2D eigenvalue weighted by Crippen LogP contribution is -2.28. The summed E-state index contributed by atoms with van der Waals surface area (Å²) < 4.78 is 38.2. The fourth-order valence-electron chi connectivity index (χ4n) is 1.96. The molecule has 0 radical (unpaired) electrons. The predicted molar refractivity (Wildman–Crippen MR) is 79.4 cm³/mol. The first kappa shape index (κ1) is 19.3. The molecule has 0 aliphatic carbocycles. The zero-order valence-corrected chi connectivity index (χ0v) is 13.6. The van der Waals surface area contributed by atoms with E-state index in [-0.39, 0.29) is 18.1 Å². The number of carboxylic acid groups (broad SMARTS) is 1. The van der Waals surface area contributed by atoms with Crippen molar-refractivity contribution < 1.29 is 27.9 Å². The third kappa shape index (κ3) is 6.93. The molecule has 130 valence electrons. The maximum Gasteiger partial charge on any atom is 0.408 e. The molecule has 0 saturated carbocycles. The largest absolute Gasteiger partial charge is 0.481 e. The second kappa shape index (κ2) is 8.23. The normalized spacial score (nSPS) is 11.5. The summed E-state index contributed by atoms with van der Waals surface area (Å²) in [5.74, 6) is -0.856. The summed E-state index contributed by atoms with van der Waals surface area (Å²) >= 11 is 1.17. The molecule has 0 fully saturated rings. The van der Waals surface area contributed by atoms with Gasteiger partial charge >= 0.3 is 12.1 Å². The Morgan fingerprint density at radius 3 is 2.57 bits per heavy atom. The van der Waals surface area contributed by atoms with Gasteiger partial charge in [-0.3, -0.25) is 14.3 Å². The van der Waals surface area contributed by atoms with Crippen LogP contribution >= 0.6 is 11.8 Å². The van der Waals surface area contributed by atoms with Gasteiger partial charge < -0.3 is 10.4 Å². The average Bonchev–Trinajstić information content (AvgIpc) is 2.63. The number of nitrogens with zero attached hydrogens (tertiary/aromatic N) is 2. The molecular formula is C13H18F3N3O3S. The van der Waals surface area contributed by atoms with E-state index in [2.05, 4.69) is 10.4 Å². The Hall–Kier alpha value is -1.71. The number of amides is 1. The van der Waals surface area contributed by atoms with Crippen molar-refractivity contribution in [2.75, 3.05) is 18.1 Å². The van der Waals surface area contributed by atoms with E-state index in [1.807, 2.05) is 0 Å². The van der Waals surface area contributed by atoms with Gasteiger partial charge in [0.05, 0.1) is 17.9 Å². The van der Waals surface area contributed by atoms with Crippen LogP contribution in [0.3, 0.4) is 0 Å². The molecule has 1 aromatic rings. The van der Waals surface area contributed by atoms with Gasteiger partial charge in [0.15, 0.2) is 0 Å². The number of hydrogen-bond acceptors (Lipinski definition) is 4. The SMILES string of the molecule is Cc1nn(CC(F)(F)F)c(C)c1CC(=O)NCCSCC(=O)O. The quantitative estimate of drug-likeness (QED) is 0.693. The third-order valence-electron chi connectivity index (χ3n) is 2.99. The molecule has 0 spiro atoms. The lowest BCUT2D eigenvalue weighted by Gasteiger charge is -2.09. The third-order valence-corrected chi connectivity index (χ3v) is 3.94. The van der Waals surface area contributed by atoms with Crippen LogP contribution in [0.1, 0.15) is 17.0 Å². The number of alkyl halides is 3. The van der Waals surface area contributed by atoms with Crippen LogP contribution < -0.4 is 5.32 Å². The van der Waals surface area contributed by atoms with Gasteiger partial charge in [-0.05, 0) is 13.8 Å². The lowest BCUT2D eigenvalue weighted by molar-refractivity contribution is -0.143. The molecule has 0 unspecified atom stereocenters. The molecule has 6 nitrogen and oxygen atoms in total. The number of halogens is 3. The van der Waals surface area contributed by atoms with Crippen molar-refractivity contribution in [1.29, 1.82) is 0 Å². The van der Waals surface area contributed by atoms with Crippen LogP contribution in [0.4, 0.5) is 13.2 Å². The molecule has 0 aromatic carbocycles. The monoisotopic (exact) mass is 353 g/mol. The Bertz CT molecular complexity index is 573. The summed E-state index contributed by atoms with van der Waals surface area (Å²) in [5, 5.41) is 14.9. The van der Waals surface area contributed by atoms with Gasteiger partial charge in [-0.25, -0.2) is 0 Å². The van der Waals surface area contributed by atoms with E-state index in [0.717, 1.165) is 4.68 Å². The van der Waals surface area contributed by atoms with Crippen LogP contribution in [0.25, 0.3) is 0 Å². The van der Waals surface area contributed by atoms with Crippen molar-refractivity contribution in [3.05, 3.63) is 17.0 Å². The molecule has 0 aliphatic heterocycles. The van der Waals surface area contributed by atoms with Gasteiger partial charge in [0.25, 0.3) is 0 Å². The standard InChI is InChI=1S/C13H18F3N3O3S/c1-8-10(9(2)19(18-8)7-13(14,15)16)5-11(20)17-3-4-23-6-12(21)22/h3-7H2,1-2H3,(H,17,20)(H,21,22). The number of thioether (sulfide) groups is 1. The predicted octanol–water partition coefficient (Wildman–Crippen LogP) is 1.54.